The quantitative estimate of drug-likeness (QED) is 0.716. The first-order chi connectivity index (χ1) is 6.70. The number of nitrogens with two attached hydrogens (primary N) is 1. The monoisotopic (exact) mass is 197 g/mol. The van der Waals surface area contributed by atoms with E-state index in [1.54, 1.807) is 17.0 Å². The Morgan fingerprint density at radius 2 is 2.50 bits per heavy atom. The minimum absolute atomic E-state index is 0.0857. The van der Waals surface area contributed by atoms with Crippen molar-refractivity contribution >= 4 is 5.97 Å². The van der Waals surface area contributed by atoms with Crippen molar-refractivity contribution in [1.29, 1.82) is 0 Å². The Morgan fingerprint density at radius 1 is 1.79 bits per heavy atom. The molecule has 3 N–H and O–H groups in total. The zero-order valence-corrected chi connectivity index (χ0v) is 8.18. The highest BCUT2D eigenvalue weighted by Gasteiger charge is 2.19. The van der Waals surface area contributed by atoms with Crippen LogP contribution in [0.2, 0.25) is 0 Å². The molecule has 0 saturated heterocycles. The fraction of sp³-hybridized carbons (Fsp3) is 0.556. The van der Waals surface area contributed by atoms with Crippen LogP contribution in [0.5, 0.6) is 0 Å². The second-order valence-corrected chi connectivity index (χ2v) is 3.09. The number of rotatable bonds is 5. The predicted octanol–water partition coefficient (Wildman–Crippen LogP) is 0.420. The number of imidazole rings is 1. The molecule has 5 nitrogen and oxygen atoms in total. The summed E-state index contributed by atoms with van der Waals surface area (Å²) in [5.41, 5.74) is 5.40. The van der Waals surface area contributed by atoms with Crippen LogP contribution in [0.25, 0.3) is 0 Å². The number of carbonyl (C=O) groups is 1. The van der Waals surface area contributed by atoms with Crippen LogP contribution in [0.15, 0.2) is 12.4 Å². The average Bonchev–Trinajstić information content (AvgIpc) is 2.55. The highest BCUT2D eigenvalue weighted by Crippen LogP contribution is 2.10. The van der Waals surface area contributed by atoms with E-state index in [0.29, 0.717) is 0 Å². The van der Waals surface area contributed by atoms with E-state index in [1.807, 2.05) is 6.92 Å². The van der Waals surface area contributed by atoms with Crippen LogP contribution < -0.4 is 5.73 Å². The van der Waals surface area contributed by atoms with Crippen molar-refractivity contribution < 1.29 is 9.90 Å². The number of aryl methyl sites for hydroxylation is 1. The summed E-state index contributed by atoms with van der Waals surface area (Å²) in [5.74, 6) is -0.131. The molecule has 0 radical (unpaired) electrons. The Kier molecular flexibility index (Phi) is 3.64. The van der Waals surface area contributed by atoms with Crippen molar-refractivity contribution in [3.8, 4) is 0 Å². The van der Waals surface area contributed by atoms with Crippen LogP contribution in [0, 0.1) is 0 Å². The minimum Gasteiger partial charge on any atom is -0.480 e. The van der Waals surface area contributed by atoms with Gasteiger partial charge in [0, 0.05) is 25.4 Å². The van der Waals surface area contributed by atoms with E-state index in [4.69, 9.17) is 10.8 Å². The van der Waals surface area contributed by atoms with Gasteiger partial charge in [0.2, 0.25) is 0 Å². The minimum atomic E-state index is -0.914. The Bertz CT molecular complexity index is 309. The second kappa shape index (κ2) is 4.76. The predicted molar refractivity (Wildman–Crippen MR) is 51.9 cm³/mol. The molecule has 1 aromatic rings. The van der Waals surface area contributed by atoms with E-state index < -0.39 is 12.0 Å². The number of aromatic nitrogens is 2. The maximum absolute atomic E-state index is 10.9. The molecule has 1 atom stereocenters. The first-order valence-electron chi connectivity index (χ1n) is 4.65. The first kappa shape index (κ1) is 10.7. The van der Waals surface area contributed by atoms with Gasteiger partial charge >= 0.3 is 5.97 Å². The molecule has 1 unspecified atom stereocenters. The van der Waals surface area contributed by atoms with Crippen molar-refractivity contribution in [2.75, 3.05) is 6.54 Å². The maximum Gasteiger partial charge on any atom is 0.328 e. The smallest absolute Gasteiger partial charge is 0.328 e. The van der Waals surface area contributed by atoms with Gasteiger partial charge in [-0.2, -0.15) is 0 Å². The zero-order chi connectivity index (χ0) is 10.6. The third kappa shape index (κ3) is 2.11. The zero-order valence-electron chi connectivity index (χ0n) is 8.18. The third-order valence-corrected chi connectivity index (χ3v) is 2.07. The van der Waals surface area contributed by atoms with E-state index in [-0.39, 0.29) is 6.54 Å². The van der Waals surface area contributed by atoms with E-state index in [2.05, 4.69) is 4.98 Å². The summed E-state index contributed by atoms with van der Waals surface area (Å²) in [4.78, 5) is 15.0. The number of hydrogen-bond acceptors (Lipinski definition) is 3. The molecule has 0 saturated carbocycles. The Morgan fingerprint density at radius 3 is 3.00 bits per heavy atom. The van der Waals surface area contributed by atoms with Crippen molar-refractivity contribution in [3.63, 3.8) is 0 Å². The summed E-state index contributed by atoms with van der Waals surface area (Å²) in [7, 11) is 0. The van der Waals surface area contributed by atoms with Gasteiger partial charge in [-0.05, 0) is 6.42 Å². The number of carboxylic acid groups (broad SMARTS) is 1. The lowest BCUT2D eigenvalue weighted by atomic mass is 10.2. The SMILES string of the molecule is CCCc1nccn1C(CN)C(=O)O. The van der Waals surface area contributed by atoms with Gasteiger partial charge in [0.25, 0.3) is 0 Å². The molecule has 1 heterocycles. The van der Waals surface area contributed by atoms with Gasteiger partial charge in [0.1, 0.15) is 11.9 Å². The van der Waals surface area contributed by atoms with Gasteiger partial charge in [-0.15, -0.1) is 0 Å². The molecule has 1 rings (SSSR count). The molecule has 0 aliphatic carbocycles. The van der Waals surface area contributed by atoms with Gasteiger partial charge in [-0.1, -0.05) is 6.92 Å². The molecule has 0 aromatic carbocycles. The lowest BCUT2D eigenvalue weighted by Crippen LogP contribution is -2.27. The summed E-state index contributed by atoms with van der Waals surface area (Å²) in [6, 6.07) is -0.695. The second-order valence-electron chi connectivity index (χ2n) is 3.09. The number of carboxylic acids is 1. The van der Waals surface area contributed by atoms with E-state index in [9.17, 15) is 4.79 Å². The van der Waals surface area contributed by atoms with Crippen LogP contribution >= 0.6 is 0 Å². The average molecular weight is 197 g/mol. The van der Waals surface area contributed by atoms with Crippen molar-refractivity contribution in [2.45, 2.75) is 25.8 Å². The van der Waals surface area contributed by atoms with Gasteiger partial charge < -0.3 is 15.4 Å². The highest BCUT2D eigenvalue weighted by molar-refractivity contribution is 5.72. The third-order valence-electron chi connectivity index (χ3n) is 2.07. The van der Waals surface area contributed by atoms with Gasteiger partial charge in [0.05, 0.1) is 0 Å². The summed E-state index contributed by atoms with van der Waals surface area (Å²) in [5, 5.41) is 8.91. The maximum atomic E-state index is 10.9. The fourth-order valence-electron chi connectivity index (χ4n) is 1.38. The Balaban J connectivity index is 2.91. The molecule has 0 fully saturated rings. The summed E-state index contributed by atoms with van der Waals surface area (Å²) in [6.07, 6.45) is 4.98. The Labute approximate surface area is 82.6 Å². The van der Waals surface area contributed by atoms with Crippen LogP contribution in [-0.4, -0.2) is 27.2 Å². The summed E-state index contributed by atoms with van der Waals surface area (Å²) >= 11 is 0. The van der Waals surface area contributed by atoms with Gasteiger partial charge in [-0.3, -0.25) is 0 Å². The van der Waals surface area contributed by atoms with Crippen molar-refractivity contribution in [2.24, 2.45) is 5.73 Å². The molecular weight excluding hydrogens is 182 g/mol. The van der Waals surface area contributed by atoms with Crippen molar-refractivity contribution in [1.82, 2.24) is 9.55 Å². The van der Waals surface area contributed by atoms with E-state index in [0.717, 1.165) is 18.7 Å². The largest absolute Gasteiger partial charge is 0.480 e. The molecule has 0 amide bonds. The molecule has 0 aliphatic heterocycles. The van der Waals surface area contributed by atoms with Crippen LogP contribution in [0.4, 0.5) is 0 Å². The fourth-order valence-corrected chi connectivity index (χ4v) is 1.38. The Hall–Kier alpha value is -1.36. The molecule has 1 aromatic heterocycles. The molecule has 14 heavy (non-hydrogen) atoms. The molecule has 0 bridgehead atoms. The summed E-state index contributed by atoms with van der Waals surface area (Å²) < 4.78 is 1.63. The molecule has 0 spiro atoms. The van der Waals surface area contributed by atoms with Crippen molar-refractivity contribution in [3.05, 3.63) is 18.2 Å². The van der Waals surface area contributed by atoms with Gasteiger partial charge in [0.15, 0.2) is 0 Å². The normalized spacial score (nSPS) is 12.7. The molecule has 0 aliphatic rings. The van der Waals surface area contributed by atoms with Crippen LogP contribution in [0.3, 0.4) is 0 Å². The topological polar surface area (TPSA) is 81.1 Å². The number of hydrogen-bond donors (Lipinski definition) is 2. The summed E-state index contributed by atoms with van der Waals surface area (Å²) in [6.45, 7) is 2.11. The first-order valence-corrected chi connectivity index (χ1v) is 4.65. The lowest BCUT2D eigenvalue weighted by Gasteiger charge is -2.14. The molecular formula is C9H15N3O2. The number of nitrogens with zero attached hydrogens (tertiary/aromatic N) is 2. The van der Waals surface area contributed by atoms with Crippen LogP contribution in [0.1, 0.15) is 25.2 Å². The lowest BCUT2D eigenvalue weighted by molar-refractivity contribution is -0.140. The highest BCUT2D eigenvalue weighted by atomic mass is 16.4. The van der Waals surface area contributed by atoms with E-state index >= 15 is 0 Å². The van der Waals surface area contributed by atoms with Gasteiger partial charge in [-0.25, -0.2) is 9.78 Å². The van der Waals surface area contributed by atoms with Crippen LogP contribution in [-0.2, 0) is 11.2 Å². The van der Waals surface area contributed by atoms with E-state index in [1.165, 1.54) is 0 Å². The standard InChI is InChI=1S/C9H15N3O2/c1-2-3-8-11-4-5-12(8)7(6-10)9(13)14/h4-5,7H,2-3,6,10H2,1H3,(H,13,14). The molecule has 5 heteroatoms. The number of aliphatic carboxylic acids is 1. The molecule has 78 valence electrons.